The number of hydrogen-bond acceptors (Lipinski definition) is 6. The lowest BCUT2D eigenvalue weighted by Gasteiger charge is -2.10. The molecule has 0 atom stereocenters. The Bertz CT molecular complexity index is 839. The summed E-state index contributed by atoms with van der Waals surface area (Å²) in [6, 6.07) is 5.95. The molecule has 0 aliphatic rings. The lowest BCUT2D eigenvalue weighted by molar-refractivity contribution is -0.398. The smallest absolute Gasteiger partial charge is 0.290 e. The van der Waals surface area contributed by atoms with Crippen LogP contribution in [0.4, 0.5) is 17.1 Å². The Morgan fingerprint density at radius 1 is 1.00 bits per heavy atom. The maximum Gasteiger partial charge on any atom is 0.290 e. The van der Waals surface area contributed by atoms with Crippen LogP contribution in [0.3, 0.4) is 0 Å². The zero-order valence-corrected chi connectivity index (χ0v) is 12.6. The van der Waals surface area contributed by atoms with Crippen LogP contribution in [0, 0.1) is 20.2 Å². The van der Waals surface area contributed by atoms with Crippen molar-refractivity contribution in [3.63, 3.8) is 0 Å². The highest BCUT2D eigenvalue weighted by atomic mass is 35.5. The van der Waals surface area contributed by atoms with E-state index in [1.807, 2.05) is 0 Å². The first-order chi connectivity index (χ1) is 10.8. The average Bonchev–Trinajstić information content (AvgIpc) is 2.48. The summed E-state index contributed by atoms with van der Waals surface area (Å²) in [7, 11) is 0. The van der Waals surface area contributed by atoms with Crippen LogP contribution in [0.1, 0.15) is 5.56 Å². The molecule has 10 heteroatoms. The van der Waals surface area contributed by atoms with Gasteiger partial charge in [0.15, 0.2) is 0 Å². The molecule has 0 N–H and O–H groups in total. The van der Waals surface area contributed by atoms with Crippen LogP contribution in [0.2, 0.25) is 10.0 Å². The molecule has 0 fully saturated rings. The fourth-order valence-corrected chi connectivity index (χ4v) is 2.10. The van der Waals surface area contributed by atoms with E-state index in [0.29, 0.717) is 0 Å². The Hall–Kier alpha value is -2.71. The minimum Gasteiger partial charge on any atom is -0.867 e. The summed E-state index contributed by atoms with van der Waals surface area (Å²) in [4.78, 5) is 23.9. The quantitative estimate of drug-likeness (QED) is 0.471. The van der Waals surface area contributed by atoms with Crippen LogP contribution in [-0.2, 0) is 0 Å². The second-order valence-corrected chi connectivity index (χ2v) is 5.10. The first kappa shape index (κ1) is 16.7. The van der Waals surface area contributed by atoms with Gasteiger partial charge in [0.2, 0.25) is 0 Å². The number of rotatable bonds is 4. The predicted molar refractivity (Wildman–Crippen MR) is 82.9 cm³/mol. The van der Waals surface area contributed by atoms with Crippen molar-refractivity contribution in [1.29, 1.82) is 0 Å². The molecule has 23 heavy (non-hydrogen) atoms. The van der Waals surface area contributed by atoms with E-state index in [0.717, 1.165) is 18.3 Å². The van der Waals surface area contributed by atoms with Crippen molar-refractivity contribution < 1.29 is 15.0 Å². The Balaban J connectivity index is 2.43. The molecule has 2 aromatic carbocycles. The van der Waals surface area contributed by atoms with Gasteiger partial charge in [-0.25, -0.2) is 0 Å². The normalized spacial score (nSPS) is 10.9. The molecular weight excluding hydrogens is 349 g/mol. The molecule has 0 amide bonds. The lowest BCUT2D eigenvalue weighted by Crippen LogP contribution is -2.02. The summed E-state index contributed by atoms with van der Waals surface area (Å²) < 4.78 is 0. The summed E-state index contributed by atoms with van der Waals surface area (Å²) in [6.07, 6.45) is 1.05. The molecule has 0 bridgehead atoms. The molecule has 0 heterocycles. The van der Waals surface area contributed by atoms with Crippen LogP contribution in [-0.4, -0.2) is 16.1 Å². The Labute approximate surface area is 138 Å². The van der Waals surface area contributed by atoms with Gasteiger partial charge in [-0.15, -0.1) is 0 Å². The number of nitro groups is 2. The van der Waals surface area contributed by atoms with E-state index in [4.69, 9.17) is 23.2 Å². The Kier molecular flexibility index (Phi) is 4.77. The topological polar surface area (TPSA) is 122 Å². The highest BCUT2D eigenvalue weighted by Crippen LogP contribution is 2.31. The fraction of sp³-hybridized carbons (Fsp3) is 0. The summed E-state index contributed by atoms with van der Waals surface area (Å²) in [6.45, 7) is 0. The first-order valence-electron chi connectivity index (χ1n) is 5.92. The maximum atomic E-state index is 11.9. The largest absolute Gasteiger partial charge is 0.867 e. The SMILES string of the molecule is O=[N+]([O-])c1cc(N=Cc2cc(Cl)cc([N+](=O)[O-])c2[O-])ccc1Cl. The molecule has 0 saturated heterocycles. The second kappa shape index (κ2) is 6.59. The highest BCUT2D eigenvalue weighted by Gasteiger charge is 2.13. The second-order valence-electron chi connectivity index (χ2n) is 4.25. The van der Waals surface area contributed by atoms with Crippen LogP contribution < -0.4 is 5.11 Å². The third kappa shape index (κ3) is 3.74. The predicted octanol–water partition coefficient (Wildman–Crippen LogP) is 3.63. The van der Waals surface area contributed by atoms with Crippen LogP contribution in [0.5, 0.6) is 5.75 Å². The standard InChI is InChI=1S/C13H7Cl2N3O5/c14-8-3-7(13(19)12(4-8)18(22)23)6-16-9-1-2-10(15)11(5-9)17(20)21/h1-6,19H/p-1. The van der Waals surface area contributed by atoms with Crippen LogP contribution >= 0.6 is 23.2 Å². The van der Waals surface area contributed by atoms with Crippen molar-refractivity contribution >= 4 is 46.5 Å². The van der Waals surface area contributed by atoms with Crippen molar-refractivity contribution in [2.75, 3.05) is 0 Å². The van der Waals surface area contributed by atoms with E-state index in [9.17, 15) is 25.3 Å². The lowest BCUT2D eigenvalue weighted by atomic mass is 10.2. The Morgan fingerprint density at radius 2 is 1.65 bits per heavy atom. The van der Waals surface area contributed by atoms with E-state index in [-0.39, 0.29) is 27.0 Å². The summed E-state index contributed by atoms with van der Waals surface area (Å²) in [5.74, 6) is -0.855. The van der Waals surface area contributed by atoms with Crippen molar-refractivity contribution in [1.82, 2.24) is 0 Å². The van der Waals surface area contributed by atoms with Crippen LogP contribution in [0.25, 0.3) is 0 Å². The van der Waals surface area contributed by atoms with E-state index in [1.165, 1.54) is 18.2 Å². The maximum absolute atomic E-state index is 11.9. The summed E-state index contributed by atoms with van der Waals surface area (Å²) in [5.41, 5.74) is -0.980. The first-order valence-corrected chi connectivity index (χ1v) is 6.68. The molecule has 8 nitrogen and oxygen atoms in total. The van der Waals surface area contributed by atoms with Crippen LogP contribution in [0.15, 0.2) is 35.3 Å². The highest BCUT2D eigenvalue weighted by molar-refractivity contribution is 6.32. The number of aliphatic imine (C=N–C) groups is 1. The van der Waals surface area contributed by atoms with Gasteiger partial charge in [-0.05, 0) is 29.5 Å². The minimum atomic E-state index is -0.855. The van der Waals surface area contributed by atoms with E-state index in [2.05, 4.69) is 4.99 Å². The monoisotopic (exact) mass is 354 g/mol. The average molecular weight is 355 g/mol. The Morgan fingerprint density at radius 3 is 2.26 bits per heavy atom. The summed E-state index contributed by atoms with van der Waals surface area (Å²) in [5, 5.41) is 33.4. The van der Waals surface area contributed by atoms with Gasteiger partial charge in [0.25, 0.3) is 11.4 Å². The van der Waals surface area contributed by atoms with Gasteiger partial charge in [-0.1, -0.05) is 23.2 Å². The molecule has 0 radical (unpaired) electrons. The molecule has 2 aromatic rings. The molecule has 0 spiro atoms. The van der Waals surface area contributed by atoms with Crippen molar-refractivity contribution in [3.8, 4) is 5.75 Å². The number of benzene rings is 2. The number of halogens is 2. The molecule has 0 unspecified atom stereocenters. The number of nitro benzene ring substituents is 2. The fourth-order valence-electron chi connectivity index (χ4n) is 1.70. The van der Waals surface area contributed by atoms with E-state index in [1.54, 1.807) is 0 Å². The number of nitrogens with zero attached hydrogens (tertiary/aromatic N) is 3. The zero-order chi connectivity index (χ0) is 17.1. The van der Waals surface area contributed by atoms with Crippen molar-refractivity contribution in [2.24, 2.45) is 4.99 Å². The molecule has 118 valence electrons. The molecular formula is C13H6Cl2N3O5-. The zero-order valence-electron chi connectivity index (χ0n) is 11.1. The van der Waals surface area contributed by atoms with Gasteiger partial charge in [0.1, 0.15) is 5.02 Å². The molecule has 0 aromatic heterocycles. The van der Waals surface area contributed by atoms with Gasteiger partial charge in [0.05, 0.1) is 15.5 Å². The molecule has 0 aliphatic heterocycles. The minimum absolute atomic E-state index is 0.000151. The van der Waals surface area contributed by atoms with E-state index < -0.39 is 21.3 Å². The number of hydrogen-bond donors (Lipinski definition) is 0. The van der Waals surface area contributed by atoms with Gasteiger partial charge in [-0.2, -0.15) is 0 Å². The third-order valence-corrected chi connectivity index (χ3v) is 3.28. The third-order valence-electron chi connectivity index (χ3n) is 2.74. The van der Waals surface area contributed by atoms with Gasteiger partial charge in [0, 0.05) is 23.4 Å². The molecule has 0 aliphatic carbocycles. The molecule has 0 saturated carbocycles. The van der Waals surface area contributed by atoms with Crippen molar-refractivity contribution in [2.45, 2.75) is 0 Å². The van der Waals surface area contributed by atoms with Gasteiger partial charge in [-0.3, -0.25) is 25.2 Å². The van der Waals surface area contributed by atoms with E-state index >= 15 is 0 Å². The van der Waals surface area contributed by atoms with Gasteiger partial charge < -0.3 is 5.11 Å². The van der Waals surface area contributed by atoms with Crippen molar-refractivity contribution in [3.05, 3.63) is 66.2 Å². The van der Waals surface area contributed by atoms with Gasteiger partial charge >= 0.3 is 0 Å². The molecule has 2 rings (SSSR count). The summed E-state index contributed by atoms with van der Waals surface area (Å²) >= 11 is 11.4.